The van der Waals surface area contributed by atoms with E-state index >= 15 is 0 Å². The largest absolute Gasteiger partial charge is 0.493 e. The number of fused-ring (bicyclic) bond motifs is 1. The molecule has 0 N–H and O–H groups in total. The van der Waals surface area contributed by atoms with Gasteiger partial charge < -0.3 is 9.74 Å². The smallest absolute Gasteiger partial charge is 0.309 e. The van der Waals surface area contributed by atoms with Crippen LogP contribution in [0.3, 0.4) is 0 Å². The SMILES string of the molecule is CN1CC[C@@H](c2ccc(S(=O)(=O)c3ccc4c(cnn4OC(=O)C(F)(F)F)c3)cc2)C1.Cl. The Balaban J connectivity index is 0.00000289. The summed E-state index contributed by atoms with van der Waals surface area (Å²) >= 11 is 0. The third-order valence-corrected chi connectivity index (χ3v) is 7.04. The maximum Gasteiger partial charge on any atom is 0.493 e. The summed E-state index contributed by atoms with van der Waals surface area (Å²) in [5.74, 6) is -2.06. The summed E-state index contributed by atoms with van der Waals surface area (Å²) in [7, 11) is -1.81. The van der Waals surface area contributed by atoms with Gasteiger partial charge in [0.15, 0.2) is 0 Å². The van der Waals surface area contributed by atoms with Crippen molar-refractivity contribution < 1.29 is 31.2 Å². The number of sulfone groups is 1. The zero-order valence-corrected chi connectivity index (χ0v) is 18.4. The molecule has 32 heavy (non-hydrogen) atoms. The number of likely N-dealkylation sites (tertiary alicyclic amines) is 1. The molecule has 1 aromatic heterocycles. The number of carbonyl (C=O) groups excluding carboxylic acids is 1. The van der Waals surface area contributed by atoms with Gasteiger partial charge in [0.2, 0.25) is 9.84 Å². The van der Waals surface area contributed by atoms with Crippen LogP contribution in [-0.2, 0) is 14.6 Å². The Morgan fingerprint density at radius 2 is 1.78 bits per heavy atom. The molecule has 0 saturated carbocycles. The van der Waals surface area contributed by atoms with Gasteiger partial charge in [-0.2, -0.15) is 13.2 Å². The van der Waals surface area contributed by atoms with Crippen molar-refractivity contribution in [3.63, 3.8) is 0 Å². The number of carbonyl (C=O) groups is 1. The molecule has 1 aliphatic rings. The maximum atomic E-state index is 13.0. The summed E-state index contributed by atoms with van der Waals surface area (Å²) in [6.07, 6.45) is -3.04. The molecule has 0 spiro atoms. The Hall–Kier alpha value is -2.63. The normalized spacial score (nSPS) is 17.3. The van der Waals surface area contributed by atoms with E-state index < -0.39 is 22.0 Å². The predicted octanol–water partition coefficient (Wildman–Crippen LogP) is 3.23. The highest BCUT2D eigenvalue weighted by molar-refractivity contribution is 7.91. The average molecular weight is 490 g/mol. The first kappa shape index (κ1) is 24.0. The third-order valence-electron chi connectivity index (χ3n) is 5.27. The van der Waals surface area contributed by atoms with E-state index in [4.69, 9.17) is 0 Å². The fourth-order valence-electron chi connectivity index (χ4n) is 3.62. The molecule has 0 amide bonds. The van der Waals surface area contributed by atoms with Gasteiger partial charge in [-0.05, 0) is 61.8 Å². The van der Waals surface area contributed by atoms with Crippen molar-refractivity contribution in [1.82, 2.24) is 14.8 Å². The summed E-state index contributed by atoms with van der Waals surface area (Å²) in [6.45, 7) is 1.92. The summed E-state index contributed by atoms with van der Waals surface area (Å²) in [4.78, 5) is 17.9. The molecule has 2 heterocycles. The minimum Gasteiger partial charge on any atom is -0.309 e. The van der Waals surface area contributed by atoms with Crippen molar-refractivity contribution in [3.8, 4) is 0 Å². The van der Waals surface area contributed by atoms with E-state index in [2.05, 4.69) is 14.8 Å². The topological polar surface area (TPSA) is 81.5 Å². The van der Waals surface area contributed by atoms with E-state index in [-0.39, 0.29) is 33.1 Å². The van der Waals surface area contributed by atoms with Crippen molar-refractivity contribution >= 4 is 39.1 Å². The van der Waals surface area contributed by atoms with Crippen molar-refractivity contribution in [1.29, 1.82) is 0 Å². The lowest BCUT2D eigenvalue weighted by atomic mass is 9.99. The molecule has 1 atom stereocenters. The van der Waals surface area contributed by atoms with Crippen LogP contribution < -0.4 is 4.84 Å². The average Bonchev–Trinajstić information content (AvgIpc) is 3.33. The number of hydrogen-bond acceptors (Lipinski definition) is 6. The number of halogens is 4. The second-order valence-corrected chi connectivity index (χ2v) is 9.38. The molecule has 3 aromatic rings. The van der Waals surface area contributed by atoms with Gasteiger partial charge in [-0.15, -0.1) is 17.5 Å². The van der Waals surface area contributed by atoms with Crippen LogP contribution in [0.1, 0.15) is 17.9 Å². The molecule has 4 rings (SSSR count). The number of alkyl halides is 3. The lowest BCUT2D eigenvalue weighted by Gasteiger charge is -2.12. The molecular formula is C20H19ClF3N3O4S. The fourth-order valence-corrected chi connectivity index (χ4v) is 4.92. The zero-order valence-electron chi connectivity index (χ0n) is 16.7. The van der Waals surface area contributed by atoms with Crippen LogP contribution in [0.25, 0.3) is 10.9 Å². The molecular weight excluding hydrogens is 471 g/mol. The first-order valence-electron chi connectivity index (χ1n) is 9.36. The minimum atomic E-state index is -5.18. The molecule has 1 aliphatic heterocycles. The maximum absolute atomic E-state index is 13.0. The van der Waals surface area contributed by atoms with E-state index in [9.17, 15) is 26.4 Å². The van der Waals surface area contributed by atoms with E-state index in [1.165, 1.54) is 18.2 Å². The highest BCUT2D eigenvalue weighted by Crippen LogP contribution is 2.29. The molecule has 172 valence electrons. The first-order valence-corrected chi connectivity index (χ1v) is 10.8. The Morgan fingerprint density at radius 3 is 2.38 bits per heavy atom. The third kappa shape index (κ3) is 4.59. The molecule has 12 heteroatoms. The molecule has 7 nitrogen and oxygen atoms in total. The Kier molecular flexibility index (Phi) is 6.55. The zero-order chi connectivity index (χ0) is 22.4. The van der Waals surface area contributed by atoms with E-state index in [0.29, 0.717) is 10.8 Å². The second kappa shape index (κ2) is 8.72. The van der Waals surface area contributed by atoms with Crippen LogP contribution in [0.2, 0.25) is 0 Å². The summed E-state index contributed by atoms with van der Waals surface area (Å²) in [5, 5.41) is 3.79. The van der Waals surface area contributed by atoms with Crippen molar-refractivity contribution in [3.05, 3.63) is 54.2 Å². The van der Waals surface area contributed by atoms with E-state index in [0.717, 1.165) is 31.3 Å². The van der Waals surface area contributed by atoms with Gasteiger partial charge in [-0.25, -0.2) is 13.2 Å². The molecule has 0 aliphatic carbocycles. The van der Waals surface area contributed by atoms with E-state index in [1.54, 1.807) is 12.1 Å². The molecule has 0 bridgehead atoms. The van der Waals surface area contributed by atoms with Gasteiger partial charge in [0, 0.05) is 11.9 Å². The predicted molar refractivity (Wildman–Crippen MR) is 111 cm³/mol. The molecule has 1 fully saturated rings. The Labute approximate surface area is 188 Å². The highest BCUT2D eigenvalue weighted by Gasteiger charge is 2.42. The molecule has 1 saturated heterocycles. The fraction of sp³-hybridized carbons (Fsp3) is 0.300. The number of benzene rings is 2. The standard InChI is InChI=1S/C20H18F3N3O4S.ClH/c1-25-9-8-14(12-25)13-2-4-16(5-3-13)31(28,29)17-6-7-18-15(10-17)11-24-26(18)30-19(27)20(21,22)23;/h2-7,10-11,14H,8-9,12H2,1H3;1H/t14-;/m1./s1. The molecule has 0 radical (unpaired) electrons. The lowest BCUT2D eigenvalue weighted by molar-refractivity contribution is -0.200. The van der Waals surface area contributed by atoms with Crippen LogP contribution in [-0.4, -0.2) is 55.5 Å². The van der Waals surface area contributed by atoms with Crippen LogP contribution in [0.5, 0.6) is 0 Å². The number of hydrogen-bond donors (Lipinski definition) is 0. The van der Waals surface area contributed by atoms with Crippen LogP contribution >= 0.6 is 12.4 Å². The number of rotatable bonds is 4. The first-order chi connectivity index (χ1) is 14.6. The molecule has 2 aromatic carbocycles. The number of aromatic nitrogens is 2. The van der Waals surface area contributed by atoms with Crippen LogP contribution in [0, 0.1) is 0 Å². The van der Waals surface area contributed by atoms with Gasteiger partial charge in [0.1, 0.15) is 5.52 Å². The molecule has 0 unspecified atom stereocenters. The van der Waals surface area contributed by atoms with Gasteiger partial charge in [0.25, 0.3) is 0 Å². The van der Waals surface area contributed by atoms with Crippen molar-refractivity contribution in [2.75, 3.05) is 20.1 Å². The summed E-state index contributed by atoms with van der Waals surface area (Å²) in [5.41, 5.74) is 1.10. The van der Waals surface area contributed by atoms with Crippen molar-refractivity contribution in [2.24, 2.45) is 0 Å². The van der Waals surface area contributed by atoms with Crippen LogP contribution in [0.4, 0.5) is 13.2 Å². The van der Waals surface area contributed by atoms with Gasteiger partial charge in [-0.1, -0.05) is 17.0 Å². The number of nitrogens with zero attached hydrogens (tertiary/aromatic N) is 3. The quantitative estimate of drug-likeness (QED) is 0.559. The Morgan fingerprint density at radius 1 is 1.12 bits per heavy atom. The van der Waals surface area contributed by atoms with Gasteiger partial charge >= 0.3 is 12.1 Å². The minimum absolute atomic E-state index is 0. The monoisotopic (exact) mass is 489 g/mol. The Bertz CT molecular complexity index is 1240. The summed E-state index contributed by atoms with van der Waals surface area (Å²) in [6, 6.07) is 10.5. The summed E-state index contributed by atoms with van der Waals surface area (Å²) < 4.78 is 63.2. The van der Waals surface area contributed by atoms with Gasteiger partial charge in [-0.3, -0.25) is 0 Å². The number of likely N-dealkylation sites (N-methyl/N-ethyl adjacent to an activating group) is 1. The lowest BCUT2D eigenvalue weighted by Crippen LogP contribution is -2.33. The highest BCUT2D eigenvalue weighted by atomic mass is 35.5. The van der Waals surface area contributed by atoms with Crippen molar-refractivity contribution in [2.45, 2.75) is 28.3 Å². The van der Waals surface area contributed by atoms with Gasteiger partial charge in [0.05, 0.1) is 16.0 Å². The second-order valence-electron chi connectivity index (χ2n) is 7.43. The van der Waals surface area contributed by atoms with E-state index in [1.807, 2.05) is 19.2 Å². The van der Waals surface area contributed by atoms with Crippen LogP contribution in [0.15, 0.2) is 58.5 Å².